The van der Waals surface area contributed by atoms with Gasteiger partial charge in [-0.25, -0.2) is 5.43 Å². The Balaban J connectivity index is 1.74. The molecule has 3 rings (SSSR count). The number of carbonyl (C=O) groups is 3. The molecule has 1 fully saturated rings. The van der Waals surface area contributed by atoms with Crippen LogP contribution in [0.3, 0.4) is 0 Å². The molecule has 0 aliphatic carbocycles. The third-order valence-electron chi connectivity index (χ3n) is 3.69. The van der Waals surface area contributed by atoms with Crippen LogP contribution in [0.2, 0.25) is 5.02 Å². The molecule has 1 atom stereocenters. The van der Waals surface area contributed by atoms with Gasteiger partial charge >= 0.3 is 0 Å². The molecule has 0 radical (unpaired) electrons. The van der Waals surface area contributed by atoms with E-state index >= 15 is 0 Å². The number of hydrogen-bond donors (Lipinski definition) is 2. The van der Waals surface area contributed by atoms with E-state index in [1.165, 1.54) is 11.0 Å². The SMILES string of the molecule is O=C(N/N=C\[C@@H]1C(=O)NC(=S)N(c2ccccc2)C1=O)c1cccc(Cl)c1. The molecule has 0 unspecified atom stereocenters. The van der Waals surface area contributed by atoms with Gasteiger partial charge in [0.1, 0.15) is 0 Å². The zero-order chi connectivity index (χ0) is 19.4. The third-order valence-corrected chi connectivity index (χ3v) is 4.21. The van der Waals surface area contributed by atoms with Crippen LogP contribution in [-0.2, 0) is 9.59 Å². The molecule has 0 saturated carbocycles. The first-order chi connectivity index (χ1) is 13.0. The van der Waals surface area contributed by atoms with Crippen molar-refractivity contribution in [3.63, 3.8) is 0 Å². The molecule has 2 N–H and O–H groups in total. The second-order valence-corrected chi connectivity index (χ2v) is 6.33. The number of para-hydroxylation sites is 1. The van der Waals surface area contributed by atoms with Crippen molar-refractivity contribution in [3.05, 3.63) is 65.2 Å². The van der Waals surface area contributed by atoms with Gasteiger partial charge in [-0.15, -0.1) is 0 Å². The highest BCUT2D eigenvalue weighted by Crippen LogP contribution is 2.19. The van der Waals surface area contributed by atoms with Crippen molar-refractivity contribution in [1.29, 1.82) is 0 Å². The van der Waals surface area contributed by atoms with E-state index in [2.05, 4.69) is 15.8 Å². The largest absolute Gasteiger partial charge is 0.301 e. The topological polar surface area (TPSA) is 90.9 Å². The number of thiocarbonyl (C=S) groups is 1. The lowest BCUT2D eigenvalue weighted by molar-refractivity contribution is -0.130. The predicted octanol–water partition coefficient (Wildman–Crippen LogP) is 2.12. The van der Waals surface area contributed by atoms with E-state index in [1.807, 2.05) is 0 Å². The van der Waals surface area contributed by atoms with Crippen LogP contribution < -0.4 is 15.6 Å². The molecular formula is C18H13ClN4O3S. The molecule has 3 amide bonds. The van der Waals surface area contributed by atoms with Gasteiger partial charge in [0, 0.05) is 16.8 Å². The average Bonchev–Trinajstić information content (AvgIpc) is 2.65. The van der Waals surface area contributed by atoms with Gasteiger partial charge in [-0.3, -0.25) is 19.3 Å². The van der Waals surface area contributed by atoms with Crippen molar-refractivity contribution in [2.45, 2.75) is 0 Å². The van der Waals surface area contributed by atoms with Gasteiger partial charge in [0.25, 0.3) is 11.8 Å². The Labute approximate surface area is 165 Å². The Kier molecular flexibility index (Phi) is 5.58. The molecule has 0 bridgehead atoms. The highest BCUT2D eigenvalue weighted by Gasteiger charge is 2.38. The molecule has 2 aromatic carbocycles. The molecule has 7 nitrogen and oxygen atoms in total. The first-order valence-corrected chi connectivity index (χ1v) is 8.59. The van der Waals surface area contributed by atoms with Gasteiger partial charge in [0.15, 0.2) is 11.0 Å². The van der Waals surface area contributed by atoms with Crippen LogP contribution in [0.4, 0.5) is 5.69 Å². The third kappa shape index (κ3) is 4.18. The Morgan fingerprint density at radius 2 is 1.93 bits per heavy atom. The number of hydrazone groups is 1. The summed E-state index contributed by atoms with van der Waals surface area (Å²) in [4.78, 5) is 38.1. The van der Waals surface area contributed by atoms with Crippen molar-refractivity contribution in [3.8, 4) is 0 Å². The zero-order valence-corrected chi connectivity index (χ0v) is 15.3. The minimum atomic E-state index is -1.23. The zero-order valence-electron chi connectivity index (χ0n) is 13.8. The van der Waals surface area contributed by atoms with Gasteiger partial charge in [-0.05, 0) is 42.5 Å². The maximum Gasteiger partial charge on any atom is 0.271 e. The van der Waals surface area contributed by atoms with E-state index in [4.69, 9.17) is 23.8 Å². The molecule has 136 valence electrons. The number of rotatable bonds is 4. The van der Waals surface area contributed by atoms with Crippen molar-refractivity contribution in [1.82, 2.24) is 10.7 Å². The number of carbonyl (C=O) groups excluding carboxylic acids is 3. The maximum absolute atomic E-state index is 12.7. The number of anilines is 1. The van der Waals surface area contributed by atoms with Crippen molar-refractivity contribution in [2.75, 3.05) is 4.90 Å². The van der Waals surface area contributed by atoms with Crippen LogP contribution in [0.1, 0.15) is 10.4 Å². The molecular weight excluding hydrogens is 388 g/mol. The minimum Gasteiger partial charge on any atom is -0.301 e. The molecule has 1 aliphatic heterocycles. The number of hydrogen-bond acceptors (Lipinski definition) is 5. The number of nitrogens with zero attached hydrogens (tertiary/aromatic N) is 2. The van der Waals surface area contributed by atoms with Crippen molar-refractivity contribution in [2.24, 2.45) is 11.0 Å². The highest BCUT2D eigenvalue weighted by molar-refractivity contribution is 7.80. The summed E-state index contributed by atoms with van der Waals surface area (Å²) in [5, 5.41) is 6.59. The van der Waals surface area contributed by atoms with Crippen LogP contribution in [0.5, 0.6) is 0 Å². The molecule has 1 heterocycles. The van der Waals surface area contributed by atoms with Crippen molar-refractivity contribution >= 4 is 58.6 Å². The van der Waals surface area contributed by atoms with E-state index in [0.29, 0.717) is 16.3 Å². The van der Waals surface area contributed by atoms with Gasteiger partial charge in [-0.1, -0.05) is 35.9 Å². The lowest BCUT2D eigenvalue weighted by atomic mass is 10.1. The standard InChI is InChI=1S/C18H13ClN4O3S/c19-12-6-4-5-11(9-12)15(24)22-20-10-14-16(25)21-18(27)23(17(14)26)13-7-2-1-3-8-13/h1-10,14H,(H,22,24)(H,21,25,27)/b20-10-/t14-/m1/s1. The molecule has 2 aromatic rings. The molecule has 1 saturated heterocycles. The normalized spacial score (nSPS) is 17.1. The fourth-order valence-corrected chi connectivity index (χ4v) is 2.89. The highest BCUT2D eigenvalue weighted by atomic mass is 35.5. The summed E-state index contributed by atoms with van der Waals surface area (Å²) in [5.74, 6) is -2.92. The lowest BCUT2D eigenvalue weighted by Gasteiger charge is -2.30. The van der Waals surface area contributed by atoms with Crippen molar-refractivity contribution < 1.29 is 14.4 Å². The number of amides is 3. The molecule has 0 spiro atoms. The minimum absolute atomic E-state index is 0.0104. The van der Waals surface area contributed by atoms with E-state index in [1.54, 1.807) is 48.5 Å². The lowest BCUT2D eigenvalue weighted by Crippen LogP contribution is -2.58. The van der Waals surface area contributed by atoms with Gasteiger partial charge in [0.05, 0.1) is 5.69 Å². The van der Waals surface area contributed by atoms with Crippen LogP contribution in [-0.4, -0.2) is 29.0 Å². The second-order valence-electron chi connectivity index (χ2n) is 5.51. The summed E-state index contributed by atoms with van der Waals surface area (Å²) in [5.41, 5.74) is 3.09. The Bertz CT molecular complexity index is 949. The van der Waals surface area contributed by atoms with Gasteiger partial charge < -0.3 is 5.32 Å². The predicted molar refractivity (Wildman–Crippen MR) is 106 cm³/mol. The first-order valence-electron chi connectivity index (χ1n) is 7.80. The molecule has 9 heteroatoms. The van der Waals surface area contributed by atoms with Gasteiger partial charge in [-0.2, -0.15) is 5.10 Å². The number of nitrogens with one attached hydrogen (secondary N) is 2. The van der Waals surface area contributed by atoms with E-state index < -0.39 is 23.6 Å². The van der Waals surface area contributed by atoms with Crippen LogP contribution in [0, 0.1) is 5.92 Å². The fourth-order valence-electron chi connectivity index (χ4n) is 2.41. The molecule has 0 aromatic heterocycles. The number of halogens is 1. The summed E-state index contributed by atoms with van der Waals surface area (Å²) in [6.45, 7) is 0. The maximum atomic E-state index is 12.7. The second kappa shape index (κ2) is 8.07. The van der Waals surface area contributed by atoms with Gasteiger partial charge in [0.2, 0.25) is 5.91 Å². The Hall–Kier alpha value is -3.10. The summed E-state index contributed by atoms with van der Waals surface area (Å²) >= 11 is 10.9. The Morgan fingerprint density at radius 1 is 1.19 bits per heavy atom. The Morgan fingerprint density at radius 3 is 2.63 bits per heavy atom. The monoisotopic (exact) mass is 400 g/mol. The van der Waals surface area contributed by atoms with E-state index in [0.717, 1.165) is 6.21 Å². The van der Waals surface area contributed by atoms with E-state index in [9.17, 15) is 14.4 Å². The van der Waals surface area contributed by atoms with Crippen LogP contribution >= 0.6 is 23.8 Å². The molecule has 27 heavy (non-hydrogen) atoms. The average molecular weight is 401 g/mol. The fraction of sp³-hybridized carbons (Fsp3) is 0.0556. The summed E-state index contributed by atoms with van der Waals surface area (Å²) < 4.78 is 0. The van der Waals surface area contributed by atoms with Crippen LogP contribution in [0.15, 0.2) is 59.7 Å². The summed E-state index contributed by atoms with van der Waals surface area (Å²) in [6, 6.07) is 15.0. The first kappa shape index (κ1) is 18.7. The summed E-state index contributed by atoms with van der Waals surface area (Å²) in [7, 11) is 0. The quantitative estimate of drug-likeness (QED) is 0.356. The smallest absolute Gasteiger partial charge is 0.271 e. The van der Waals surface area contributed by atoms with E-state index in [-0.39, 0.29) is 5.11 Å². The summed E-state index contributed by atoms with van der Waals surface area (Å²) in [6.07, 6.45) is 1.07. The van der Waals surface area contributed by atoms with Crippen LogP contribution in [0.25, 0.3) is 0 Å². The molecule has 1 aliphatic rings. The number of benzene rings is 2.